The molecular weight excluding hydrogens is 254 g/mol. The van der Waals surface area contributed by atoms with Gasteiger partial charge in [0.05, 0.1) is 0 Å². The highest BCUT2D eigenvalue weighted by molar-refractivity contribution is 5.40. The number of rotatable bonds is 4. The van der Waals surface area contributed by atoms with Gasteiger partial charge in [-0.05, 0) is 36.1 Å². The summed E-state index contributed by atoms with van der Waals surface area (Å²) >= 11 is 0. The molecule has 1 aliphatic carbocycles. The number of nitrogens with two attached hydrogens (primary N) is 1. The Bertz CT molecular complexity index is 607. The maximum absolute atomic E-state index is 6.02. The minimum Gasteiger partial charge on any atom is -0.485 e. The summed E-state index contributed by atoms with van der Waals surface area (Å²) in [6.45, 7) is 4.35. The van der Waals surface area contributed by atoms with E-state index in [0.717, 1.165) is 18.6 Å². The van der Waals surface area contributed by atoms with E-state index in [1.807, 2.05) is 19.9 Å². The molecule has 1 aliphatic rings. The zero-order chi connectivity index (χ0) is 14.1. The summed E-state index contributed by atoms with van der Waals surface area (Å²) < 4.78 is 10.9. The van der Waals surface area contributed by atoms with Gasteiger partial charge in [-0.2, -0.15) is 4.98 Å². The Morgan fingerprint density at radius 3 is 3.05 bits per heavy atom. The van der Waals surface area contributed by atoms with Crippen LogP contribution in [0.2, 0.25) is 0 Å². The van der Waals surface area contributed by atoms with Crippen molar-refractivity contribution in [3.05, 3.63) is 41.0 Å². The summed E-state index contributed by atoms with van der Waals surface area (Å²) in [5.41, 5.74) is 8.54. The first-order valence-corrected chi connectivity index (χ1v) is 6.97. The Balaban J connectivity index is 1.66. The second-order valence-corrected chi connectivity index (χ2v) is 5.50. The third-order valence-electron chi connectivity index (χ3n) is 3.58. The monoisotopic (exact) mass is 273 g/mol. The second kappa shape index (κ2) is 5.25. The van der Waals surface area contributed by atoms with Crippen LogP contribution in [0, 0.1) is 0 Å². The summed E-state index contributed by atoms with van der Waals surface area (Å²) in [4.78, 5) is 4.29. The van der Waals surface area contributed by atoms with Crippen molar-refractivity contribution >= 4 is 0 Å². The molecule has 1 atom stereocenters. The largest absolute Gasteiger partial charge is 0.485 e. The predicted molar refractivity (Wildman–Crippen MR) is 74.4 cm³/mol. The zero-order valence-electron chi connectivity index (χ0n) is 11.8. The van der Waals surface area contributed by atoms with Gasteiger partial charge in [-0.3, -0.25) is 0 Å². The molecule has 106 valence electrons. The fourth-order valence-corrected chi connectivity index (χ4v) is 2.43. The van der Waals surface area contributed by atoms with Gasteiger partial charge in [0, 0.05) is 12.0 Å². The molecule has 0 fully saturated rings. The topological polar surface area (TPSA) is 74.2 Å². The molecule has 20 heavy (non-hydrogen) atoms. The average Bonchev–Trinajstić information content (AvgIpc) is 3.04. The average molecular weight is 273 g/mol. The molecule has 1 heterocycles. The lowest BCUT2D eigenvalue weighted by atomic mass is 10.1. The highest BCUT2D eigenvalue weighted by Gasteiger charge is 2.19. The van der Waals surface area contributed by atoms with Gasteiger partial charge in [0.1, 0.15) is 5.75 Å². The summed E-state index contributed by atoms with van der Waals surface area (Å²) in [6.07, 6.45) is 2.04. The minimum atomic E-state index is 0.171. The van der Waals surface area contributed by atoms with Gasteiger partial charge in [-0.15, -0.1) is 0 Å². The van der Waals surface area contributed by atoms with Crippen molar-refractivity contribution in [2.24, 2.45) is 5.73 Å². The van der Waals surface area contributed by atoms with Crippen LogP contribution in [0.5, 0.6) is 5.75 Å². The summed E-state index contributed by atoms with van der Waals surface area (Å²) in [6, 6.07) is 6.24. The Hall–Kier alpha value is -1.88. The van der Waals surface area contributed by atoms with Crippen LogP contribution in [0.25, 0.3) is 0 Å². The highest BCUT2D eigenvalue weighted by atomic mass is 16.5. The molecule has 1 aromatic carbocycles. The van der Waals surface area contributed by atoms with E-state index in [0.29, 0.717) is 18.3 Å². The van der Waals surface area contributed by atoms with Crippen molar-refractivity contribution in [3.8, 4) is 5.75 Å². The Labute approximate surface area is 118 Å². The first kappa shape index (κ1) is 13.1. The predicted octanol–water partition coefficient (Wildman–Crippen LogP) is 2.72. The molecular formula is C15H19N3O2. The molecule has 3 rings (SSSR count). The van der Waals surface area contributed by atoms with Crippen molar-refractivity contribution in [2.45, 2.75) is 45.3 Å². The second-order valence-electron chi connectivity index (χ2n) is 5.50. The summed E-state index contributed by atoms with van der Waals surface area (Å²) in [5.74, 6) is 2.28. The van der Waals surface area contributed by atoms with Crippen molar-refractivity contribution in [1.29, 1.82) is 0 Å². The van der Waals surface area contributed by atoms with Crippen molar-refractivity contribution in [2.75, 3.05) is 0 Å². The van der Waals surface area contributed by atoms with Crippen LogP contribution in [-0.2, 0) is 13.0 Å². The molecule has 0 saturated carbocycles. The normalized spacial score (nSPS) is 17.5. The van der Waals surface area contributed by atoms with Crippen LogP contribution in [0.15, 0.2) is 22.7 Å². The number of fused-ring (bicyclic) bond motifs is 1. The number of hydrogen-bond acceptors (Lipinski definition) is 5. The fraction of sp³-hybridized carbons (Fsp3) is 0.467. The fourth-order valence-electron chi connectivity index (χ4n) is 2.43. The maximum atomic E-state index is 6.02. The molecule has 5 nitrogen and oxygen atoms in total. The lowest BCUT2D eigenvalue weighted by Crippen LogP contribution is -2.05. The van der Waals surface area contributed by atoms with Gasteiger partial charge in [-0.1, -0.05) is 25.1 Å². The molecule has 2 aromatic rings. The van der Waals surface area contributed by atoms with E-state index in [9.17, 15) is 0 Å². The van der Waals surface area contributed by atoms with Gasteiger partial charge in [0.15, 0.2) is 6.61 Å². The quantitative estimate of drug-likeness (QED) is 0.927. The van der Waals surface area contributed by atoms with E-state index in [2.05, 4.69) is 22.3 Å². The summed E-state index contributed by atoms with van der Waals surface area (Å²) in [7, 11) is 0. The molecule has 2 N–H and O–H groups in total. The molecule has 0 saturated heterocycles. The van der Waals surface area contributed by atoms with Crippen LogP contribution >= 0.6 is 0 Å². The molecule has 0 radical (unpaired) electrons. The lowest BCUT2D eigenvalue weighted by molar-refractivity contribution is 0.284. The standard InChI is InChI=1S/C15H19N3O2/c1-9(2)15-17-14(18-20-15)8-19-11-4-5-12-10(7-11)3-6-13(12)16/h4-5,7,9,13H,3,6,8,16H2,1-2H3/t13-/m0/s1. The maximum Gasteiger partial charge on any atom is 0.229 e. The number of ether oxygens (including phenoxy) is 1. The van der Waals surface area contributed by atoms with E-state index in [1.54, 1.807) is 0 Å². The first-order chi connectivity index (χ1) is 9.63. The molecule has 0 amide bonds. The third kappa shape index (κ3) is 2.54. The van der Waals surface area contributed by atoms with Crippen molar-refractivity contribution in [3.63, 3.8) is 0 Å². The Kier molecular flexibility index (Phi) is 3.44. The van der Waals surface area contributed by atoms with Crippen molar-refractivity contribution < 1.29 is 9.26 Å². The number of benzene rings is 1. The van der Waals surface area contributed by atoms with Gasteiger partial charge < -0.3 is 15.0 Å². The van der Waals surface area contributed by atoms with Crippen LogP contribution in [-0.4, -0.2) is 10.1 Å². The van der Waals surface area contributed by atoms with E-state index < -0.39 is 0 Å². The zero-order valence-corrected chi connectivity index (χ0v) is 11.8. The lowest BCUT2D eigenvalue weighted by Gasteiger charge is -2.07. The van der Waals surface area contributed by atoms with E-state index >= 15 is 0 Å². The highest BCUT2D eigenvalue weighted by Crippen LogP contribution is 2.31. The van der Waals surface area contributed by atoms with Crippen LogP contribution in [0.3, 0.4) is 0 Å². The van der Waals surface area contributed by atoms with Crippen LogP contribution < -0.4 is 10.5 Å². The smallest absolute Gasteiger partial charge is 0.229 e. The van der Waals surface area contributed by atoms with Crippen molar-refractivity contribution in [1.82, 2.24) is 10.1 Å². The molecule has 5 heteroatoms. The Morgan fingerprint density at radius 2 is 2.30 bits per heavy atom. The minimum absolute atomic E-state index is 0.171. The third-order valence-corrected chi connectivity index (χ3v) is 3.58. The number of aryl methyl sites for hydroxylation is 1. The van der Waals surface area contributed by atoms with Gasteiger partial charge in [-0.25, -0.2) is 0 Å². The summed E-state index contributed by atoms with van der Waals surface area (Å²) in [5, 5.41) is 3.91. The van der Waals surface area contributed by atoms with Gasteiger partial charge in [0.2, 0.25) is 11.7 Å². The molecule has 0 aliphatic heterocycles. The molecule has 1 aromatic heterocycles. The van der Waals surface area contributed by atoms with Gasteiger partial charge >= 0.3 is 0 Å². The van der Waals surface area contributed by atoms with E-state index in [4.69, 9.17) is 15.0 Å². The first-order valence-electron chi connectivity index (χ1n) is 6.97. The molecule has 0 unspecified atom stereocenters. The van der Waals surface area contributed by atoms with Gasteiger partial charge in [0.25, 0.3) is 0 Å². The molecule has 0 spiro atoms. The molecule has 0 bridgehead atoms. The SMILES string of the molecule is CC(C)c1nc(COc2ccc3c(c2)CC[C@@H]3N)no1. The van der Waals surface area contributed by atoms with Crippen LogP contribution in [0.1, 0.15) is 55.1 Å². The van der Waals surface area contributed by atoms with Crippen LogP contribution in [0.4, 0.5) is 0 Å². The van der Waals surface area contributed by atoms with E-state index in [1.165, 1.54) is 11.1 Å². The Morgan fingerprint density at radius 1 is 1.45 bits per heavy atom. The van der Waals surface area contributed by atoms with E-state index in [-0.39, 0.29) is 12.0 Å². The number of hydrogen-bond donors (Lipinski definition) is 1. The number of nitrogens with zero attached hydrogens (tertiary/aromatic N) is 2. The number of aromatic nitrogens is 2.